The highest BCUT2D eigenvalue weighted by atomic mass is 16.4. The number of carboxylic acid groups (broad SMARTS) is 1. The van der Waals surface area contributed by atoms with Crippen molar-refractivity contribution >= 4 is 17.8 Å². The Hall–Kier alpha value is -2.24. The fourth-order valence-corrected chi connectivity index (χ4v) is 1.78. The molecule has 1 aromatic heterocycles. The quantitative estimate of drug-likeness (QED) is 0.800. The van der Waals surface area contributed by atoms with E-state index in [-0.39, 0.29) is 23.9 Å². The molecule has 2 rings (SSSR count). The van der Waals surface area contributed by atoms with Gasteiger partial charge in [0.25, 0.3) is 0 Å². The predicted octanol–water partition coefficient (Wildman–Crippen LogP) is 0.819. The maximum absolute atomic E-state index is 11.6. The zero-order valence-corrected chi connectivity index (χ0v) is 9.63. The van der Waals surface area contributed by atoms with Gasteiger partial charge < -0.3 is 5.11 Å². The molecular weight excluding hydrogens is 236 g/mol. The molecule has 0 atom stereocenters. The van der Waals surface area contributed by atoms with E-state index in [9.17, 15) is 14.4 Å². The predicted molar refractivity (Wildman–Crippen MR) is 60.6 cm³/mol. The molecule has 6 nitrogen and oxygen atoms in total. The Bertz CT molecular complexity index is 479. The number of carboxylic acids is 1. The third-order valence-corrected chi connectivity index (χ3v) is 2.78. The molecule has 2 heterocycles. The Morgan fingerprint density at radius 1 is 1.28 bits per heavy atom. The van der Waals surface area contributed by atoms with Crippen LogP contribution in [0.15, 0.2) is 18.3 Å². The first-order valence-corrected chi connectivity index (χ1v) is 5.59. The molecule has 6 heteroatoms. The summed E-state index contributed by atoms with van der Waals surface area (Å²) in [5.74, 6) is -1.45. The minimum Gasteiger partial charge on any atom is -0.478 e. The minimum atomic E-state index is -1.06. The van der Waals surface area contributed by atoms with Crippen LogP contribution in [0.2, 0.25) is 0 Å². The van der Waals surface area contributed by atoms with Crippen molar-refractivity contribution in [3.63, 3.8) is 0 Å². The van der Waals surface area contributed by atoms with Crippen molar-refractivity contribution in [1.29, 1.82) is 0 Å². The fraction of sp³-hybridized carbons (Fsp3) is 0.333. The fourth-order valence-electron chi connectivity index (χ4n) is 1.78. The summed E-state index contributed by atoms with van der Waals surface area (Å²) in [7, 11) is 0. The molecule has 0 aliphatic carbocycles. The zero-order chi connectivity index (χ0) is 13.1. The molecule has 0 spiro atoms. The van der Waals surface area contributed by atoms with Gasteiger partial charge in [0.05, 0.1) is 17.8 Å². The largest absolute Gasteiger partial charge is 0.478 e. The number of pyridine rings is 1. The monoisotopic (exact) mass is 248 g/mol. The van der Waals surface area contributed by atoms with Crippen LogP contribution in [0.3, 0.4) is 0 Å². The van der Waals surface area contributed by atoms with Gasteiger partial charge in [0.2, 0.25) is 11.8 Å². The van der Waals surface area contributed by atoms with E-state index in [0.29, 0.717) is 25.0 Å². The highest BCUT2D eigenvalue weighted by molar-refractivity contribution is 5.97. The molecule has 0 radical (unpaired) electrons. The van der Waals surface area contributed by atoms with Gasteiger partial charge in [-0.05, 0) is 18.6 Å². The second kappa shape index (κ2) is 4.95. The van der Waals surface area contributed by atoms with Gasteiger partial charge in [-0.1, -0.05) is 0 Å². The Balaban J connectivity index is 2.11. The summed E-state index contributed by atoms with van der Waals surface area (Å²) in [6.07, 6.45) is 2.56. The van der Waals surface area contributed by atoms with E-state index in [1.165, 1.54) is 23.2 Å². The SMILES string of the molecule is O=C(O)c1ccc(CN2C(=O)CCCC2=O)nc1. The summed E-state index contributed by atoms with van der Waals surface area (Å²) in [6.45, 7) is 0.109. The van der Waals surface area contributed by atoms with Crippen molar-refractivity contribution in [3.05, 3.63) is 29.6 Å². The number of hydrogen-bond donors (Lipinski definition) is 1. The van der Waals surface area contributed by atoms with Gasteiger partial charge in [-0.2, -0.15) is 0 Å². The molecule has 1 fully saturated rings. The van der Waals surface area contributed by atoms with Crippen LogP contribution in [0, 0.1) is 0 Å². The molecule has 1 aromatic rings. The number of hydrogen-bond acceptors (Lipinski definition) is 4. The summed E-state index contributed by atoms with van der Waals surface area (Å²) in [5, 5.41) is 8.72. The highest BCUT2D eigenvalue weighted by Crippen LogP contribution is 2.15. The normalized spacial score (nSPS) is 15.9. The zero-order valence-electron chi connectivity index (χ0n) is 9.63. The second-order valence-electron chi connectivity index (χ2n) is 4.07. The maximum atomic E-state index is 11.6. The number of rotatable bonds is 3. The van der Waals surface area contributed by atoms with Crippen molar-refractivity contribution < 1.29 is 19.5 Å². The van der Waals surface area contributed by atoms with Gasteiger partial charge in [0, 0.05) is 19.0 Å². The first-order chi connectivity index (χ1) is 8.58. The summed E-state index contributed by atoms with van der Waals surface area (Å²) in [4.78, 5) is 38.9. The van der Waals surface area contributed by atoms with Gasteiger partial charge in [-0.3, -0.25) is 19.5 Å². The number of imide groups is 1. The van der Waals surface area contributed by atoms with Crippen LogP contribution in [-0.2, 0) is 16.1 Å². The van der Waals surface area contributed by atoms with Crippen LogP contribution in [0.25, 0.3) is 0 Å². The molecule has 0 unspecified atom stereocenters. The van der Waals surface area contributed by atoms with Crippen LogP contribution in [0.1, 0.15) is 35.3 Å². The van der Waals surface area contributed by atoms with E-state index in [2.05, 4.69) is 4.98 Å². The molecule has 1 aliphatic rings. The Morgan fingerprint density at radius 3 is 2.44 bits per heavy atom. The number of nitrogens with zero attached hydrogens (tertiary/aromatic N) is 2. The highest BCUT2D eigenvalue weighted by Gasteiger charge is 2.26. The van der Waals surface area contributed by atoms with E-state index in [1.807, 2.05) is 0 Å². The number of carbonyl (C=O) groups is 3. The molecule has 1 aliphatic heterocycles. The summed E-state index contributed by atoms with van der Waals surface area (Å²) in [5.41, 5.74) is 0.582. The summed E-state index contributed by atoms with van der Waals surface area (Å²) >= 11 is 0. The van der Waals surface area contributed by atoms with Crippen LogP contribution < -0.4 is 0 Å². The first kappa shape index (κ1) is 12.2. The van der Waals surface area contributed by atoms with Crippen molar-refractivity contribution in [2.75, 3.05) is 0 Å². The smallest absolute Gasteiger partial charge is 0.337 e. The molecule has 0 bridgehead atoms. The van der Waals surface area contributed by atoms with Crippen LogP contribution in [0.5, 0.6) is 0 Å². The summed E-state index contributed by atoms with van der Waals surface area (Å²) in [6, 6.07) is 2.92. The van der Waals surface area contributed by atoms with E-state index in [0.717, 1.165) is 0 Å². The number of carbonyl (C=O) groups excluding carboxylic acids is 2. The standard InChI is InChI=1S/C12H12N2O4/c15-10-2-1-3-11(16)14(10)7-9-5-4-8(6-13-9)12(17)18/h4-6H,1-3,7H2,(H,17,18). The molecule has 94 valence electrons. The number of likely N-dealkylation sites (tertiary alicyclic amines) is 1. The topological polar surface area (TPSA) is 87.6 Å². The van der Waals surface area contributed by atoms with Crippen LogP contribution >= 0.6 is 0 Å². The molecular formula is C12H12N2O4. The molecule has 2 amide bonds. The lowest BCUT2D eigenvalue weighted by atomic mass is 10.1. The number of aromatic nitrogens is 1. The number of aromatic carboxylic acids is 1. The minimum absolute atomic E-state index is 0.0787. The number of piperidine rings is 1. The van der Waals surface area contributed by atoms with Crippen molar-refractivity contribution in [1.82, 2.24) is 9.88 Å². The third-order valence-electron chi connectivity index (χ3n) is 2.78. The van der Waals surface area contributed by atoms with E-state index < -0.39 is 5.97 Å². The van der Waals surface area contributed by atoms with E-state index in [4.69, 9.17) is 5.11 Å². The molecule has 1 saturated heterocycles. The average Bonchev–Trinajstić information content (AvgIpc) is 2.34. The van der Waals surface area contributed by atoms with Gasteiger partial charge in [-0.25, -0.2) is 4.79 Å². The lowest BCUT2D eigenvalue weighted by Gasteiger charge is -2.24. The molecule has 0 saturated carbocycles. The van der Waals surface area contributed by atoms with E-state index in [1.54, 1.807) is 0 Å². The van der Waals surface area contributed by atoms with E-state index >= 15 is 0 Å². The lowest BCUT2D eigenvalue weighted by molar-refractivity contribution is -0.148. The average molecular weight is 248 g/mol. The Labute approximate surface area is 103 Å². The van der Waals surface area contributed by atoms with Gasteiger partial charge >= 0.3 is 5.97 Å². The lowest BCUT2D eigenvalue weighted by Crippen LogP contribution is -2.39. The van der Waals surface area contributed by atoms with Crippen molar-refractivity contribution in [2.24, 2.45) is 0 Å². The van der Waals surface area contributed by atoms with Crippen LogP contribution in [0.4, 0.5) is 0 Å². The van der Waals surface area contributed by atoms with Gasteiger partial charge in [0.15, 0.2) is 0 Å². The van der Waals surface area contributed by atoms with Crippen molar-refractivity contribution in [2.45, 2.75) is 25.8 Å². The maximum Gasteiger partial charge on any atom is 0.337 e. The van der Waals surface area contributed by atoms with Gasteiger partial charge in [0.1, 0.15) is 0 Å². The first-order valence-electron chi connectivity index (χ1n) is 5.59. The Morgan fingerprint density at radius 2 is 1.94 bits per heavy atom. The van der Waals surface area contributed by atoms with Crippen LogP contribution in [-0.4, -0.2) is 32.8 Å². The third kappa shape index (κ3) is 2.53. The molecule has 0 aromatic carbocycles. The molecule has 1 N–H and O–H groups in total. The Kier molecular flexibility index (Phi) is 3.36. The molecule has 18 heavy (non-hydrogen) atoms. The van der Waals surface area contributed by atoms with Crippen molar-refractivity contribution in [3.8, 4) is 0 Å². The number of amides is 2. The summed E-state index contributed by atoms with van der Waals surface area (Å²) < 4.78 is 0. The second-order valence-corrected chi connectivity index (χ2v) is 4.07. The van der Waals surface area contributed by atoms with Gasteiger partial charge in [-0.15, -0.1) is 0 Å².